The van der Waals surface area contributed by atoms with Crippen LogP contribution in [0.1, 0.15) is 26.2 Å². The Balaban J connectivity index is 2.23. The van der Waals surface area contributed by atoms with Crippen LogP contribution in [-0.4, -0.2) is 36.2 Å². The quantitative estimate of drug-likeness (QED) is 0.561. The van der Waals surface area contributed by atoms with Crippen molar-refractivity contribution in [3.63, 3.8) is 0 Å². The Kier molecular flexibility index (Phi) is 4.18. The molecule has 4 heteroatoms. The van der Waals surface area contributed by atoms with E-state index in [1.807, 2.05) is 6.92 Å². The monoisotopic (exact) mass is 186 g/mol. The fourth-order valence-electron chi connectivity index (χ4n) is 1.52. The Morgan fingerprint density at radius 3 is 3.08 bits per heavy atom. The summed E-state index contributed by atoms with van der Waals surface area (Å²) in [5.74, 6) is 0.0680. The Hall–Kier alpha value is -0.610. The lowest BCUT2D eigenvalue weighted by Gasteiger charge is -2.16. The Bertz CT molecular complexity index is 167. The maximum Gasteiger partial charge on any atom is 0.237 e. The smallest absolute Gasteiger partial charge is 0.237 e. The van der Waals surface area contributed by atoms with Crippen molar-refractivity contribution in [2.45, 2.75) is 38.3 Å². The van der Waals surface area contributed by atoms with Gasteiger partial charge in [-0.1, -0.05) is 0 Å². The molecule has 0 aromatic rings. The summed E-state index contributed by atoms with van der Waals surface area (Å²) in [6.07, 6.45) is 2.63. The van der Waals surface area contributed by atoms with E-state index in [1.165, 1.54) is 0 Å². The van der Waals surface area contributed by atoms with E-state index in [0.717, 1.165) is 19.4 Å². The molecule has 1 aliphatic rings. The number of carbonyl (C=O) groups is 1. The topological polar surface area (TPSA) is 61.4 Å². The van der Waals surface area contributed by atoms with Gasteiger partial charge in [0.25, 0.3) is 0 Å². The molecule has 1 heterocycles. The van der Waals surface area contributed by atoms with Crippen LogP contribution in [-0.2, 0) is 4.79 Å². The minimum atomic E-state index is -0.0128. The van der Waals surface area contributed by atoms with Crippen LogP contribution in [0.15, 0.2) is 0 Å². The lowest BCUT2D eigenvalue weighted by atomic mass is 10.2. The molecule has 0 radical (unpaired) electrons. The van der Waals surface area contributed by atoms with Crippen LogP contribution in [0, 0.1) is 0 Å². The van der Waals surface area contributed by atoms with E-state index in [1.54, 1.807) is 0 Å². The zero-order chi connectivity index (χ0) is 9.68. The second kappa shape index (κ2) is 5.19. The molecular weight excluding hydrogens is 168 g/mol. The average molecular weight is 186 g/mol. The van der Waals surface area contributed by atoms with Crippen LogP contribution in [0.25, 0.3) is 0 Å². The first-order valence-corrected chi connectivity index (χ1v) is 4.88. The highest BCUT2D eigenvalue weighted by atomic mass is 16.3. The van der Waals surface area contributed by atoms with Crippen molar-refractivity contribution < 1.29 is 9.90 Å². The normalized spacial score (nSPS) is 24.3. The largest absolute Gasteiger partial charge is 0.396 e. The van der Waals surface area contributed by atoms with Gasteiger partial charge in [-0.05, 0) is 32.7 Å². The van der Waals surface area contributed by atoms with Gasteiger partial charge in [0.2, 0.25) is 5.91 Å². The van der Waals surface area contributed by atoms with Crippen molar-refractivity contribution in [2.24, 2.45) is 0 Å². The molecular formula is C9H18N2O2. The minimum absolute atomic E-state index is 0.0128. The Labute approximate surface area is 78.7 Å². The first kappa shape index (κ1) is 10.5. The van der Waals surface area contributed by atoms with Gasteiger partial charge in [0.05, 0.1) is 6.04 Å². The molecule has 1 aliphatic heterocycles. The van der Waals surface area contributed by atoms with Crippen LogP contribution in [0.3, 0.4) is 0 Å². The molecule has 0 spiro atoms. The predicted molar refractivity (Wildman–Crippen MR) is 50.3 cm³/mol. The molecule has 2 atom stereocenters. The SMILES string of the molecule is CC(CCO)NC(=O)[C@@H]1CCCN1. The maximum absolute atomic E-state index is 11.5. The maximum atomic E-state index is 11.5. The van der Waals surface area contributed by atoms with Gasteiger partial charge < -0.3 is 15.7 Å². The molecule has 0 aromatic carbocycles. The standard InChI is InChI=1S/C9H18N2O2/c1-7(4-6-12)11-9(13)8-3-2-5-10-8/h7-8,10,12H,2-6H2,1H3,(H,11,13)/t7?,8-/m0/s1. The van der Waals surface area contributed by atoms with Gasteiger partial charge in [-0.15, -0.1) is 0 Å². The van der Waals surface area contributed by atoms with Gasteiger partial charge in [0, 0.05) is 12.6 Å². The fourth-order valence-corrected chi connectivity index (χ4v) is 1.52. The zero-order valence-electron chi connectivity index (χ0n) is 8.05. The summed E-state index contributed by atoms with van der Waals surface area (Å²) in [7, 11) is 0. The number of hydrogen-bond acceptors (Lipinski definition) is 3. The number of hydrogen-bond donors (Lipinski definition) is 3. The van der Waals surface area contributed by atoms with Crippen molar-refractivity contribution >= 4 is 5.91 Å². The minimum Gasteiger partial charge on any atom is -0.396 e. The van der Waals surface area contributed by atoms with Crippen molar-refractivity contribution in [1.82, 2.24) is 10.6 Å². The summed E-state index contributed by atoms with van der Waals surface area (Å²) in [6.45, 7) is 2.97. The fraction of sp³-hybridized carbons (Fsp3) is 0.889. The van der Waals surface area contributed by atoms with E-state index < -0.39 is 0 Å². The summed E-state index contributed by atoms with van der Waals surface area (Å²) in [5, 5.41) is 14.6. The van der Waals surface area contributed by atoms with E-state index in [-0.39, 0.29) is 24.6 Å². The third-order valence-electron chi connectivity index (χ3n) is 2.33. The van der Waals surface area contributed by atoms with Crippen molar-refractivity contribution in [1.29, 1.82) is 0 Å². The number of rotatable bonds is 4. The molecule has 1 saturated heterocycles. The molecule has 13 heavy (non-hydrogen) atoms. The van der Waals surface area contributed by atoms with E-state index >= 15 is 0 Å². The highest BCUT2D eigenvalue weighted by Crippen LogP contribution is 2.05. The van der Waals surface area contributed by atoms with E-state index in [0.29, 0.717) is 6.42 Å². The second-order valence-corrected chi connectivity index (χ2v) is 3.57. The Morgan fingerprint density at radius 1 is 1.77 bits per heavy atom. The lowest BCUT2D eigenvalue weighted by Crippen LogP contribution is -2.44. The molecule has 1 rings (SSSR count). The molecule has 0 aliphatic carbocycles. The van der Waals surface area contributed by atoms with Crippen LogP contribution < -0.4 is 10.6 Å². The summed E-state index contributed by atoms with van der Waals surface area (Å²) in [6, 6.07) is 0.0565. The third-order valence-corrected chi connectivity index (χ3v) is 2.33. The van der Waals surface area contributed by atoms with E-state index in [2.05, 4.69) is 10.6 Å². The van der Waals surface area contributed by atoms with Crippen LogP contribution in [0.5, 0.6) is 0 Å². The summed E-state index contributed by atoms with van der Waals surface area (Å²) in [4.78, 5) is 11.5. The molecule has 1 fully saturated rings. The molecule has 4 nitrogen and oxygen atoms in total. The number of amides is 1. The second-order valence-electron chi connectivity index (χ2n) is 3.57. The van der Waals surface area contributed by atoms with Gasteiger partial charge in [-0.3, -0.25) is 4.79 Å². The van der Waals surface area contributed by atoms with Crippen LogP contribution in [0.4, 0.5) is 0 Å². The van der Waals surface area contributed by atoms with Gasteiger partial charge in [0.1, 0.15) is 0 Å². The highest BCUT2D eigenvalue weighted by Gasteiger charge is 2.22. The third kappa shape index (κ3) is 3.32. The first-order chi connectivity index (χ1) is 6.24. The van der Waals surface area contributed by atoms with Gasteiger partial charge >= 0.3 is 0 Å². The summed E-state index contributed by atoms with van der Waals surface area (Å²) >= 11 is 0. The van der Waals surface area contributed by atoms with Crippen molar-refractivity contribution in [2.75, 3.05) is 13.2 Å². The first-order valence-electron chi connectivity index (χ1n) is 4.88. The zero-order valence-corrected chi connectivity index (χ0v) is 8.05. The summed E-state index contributed by atoms with van der Waals surface area (Å²) in [5.41, 5.74) is 0. The average Bonchev–Trinajstić information content (AvgIpc) is 2.55. The highest BCUT2D eigenvalue weighted by molar-refractivity contribution is 5.82. The molecule has 0 aromatic heterocycles. The number of aliphatic hydroxyl groups is 1. The molecule has 0 bridgehead atoms. The molecule has 3 N–H and O–H groups in total. The number of carbonyl (C=O) groups excluding carboxylic acids is 1. The van der Waals surface area contributed by atoms with Gasteiger partial charge in [-0.2, -0.15) is 0 Å². The molecule has 0 saturated carbocycles. The lowest BCUT2D eigenvalue weighted by molar-refractivity contribution is -0.123. The summed E-state index contributed by atoms with van der Waals surface area (Å²) < 4.78 is 0. The molecule has 1 unspecified atom stereocenters. The van der Waals surface area contributed by atoms with E-state index in [4.69, 9.17) is 5.11 Å². The van der Waals surface area contributed by atoms with Gasteiger partial charge in [0.15, 0.2) is 0 Å². The van der Waals surface area contributed by atoms with Gasteiger partial charge in [-0.25, -0.2) is 0 Å². The molecule has 1 amide bonds. The van der Waals surface area contributed by atoms with Crippen molar-refractivity contribution in [3.05, 3.63) is 0 Å². The van der Waals surface area contributed by atoms with Crippen molar-refractivity contribution in [3.8, 4) is 0 Å². The predicted octanol–water partition coefficient (Wildman–Crippen LogP) is -0.374. The Morgan fingerprint density at radius 2 is 2.54 bits per heavy atom. The number of aliphatic hydroxyl groups excluding tert-OH is 1. The molecule has 76 valence electrons. The van der Waals surface area contributed by atoms with Crippen LogP contribution >= 0.6 is 0 Å². The number of nitrogens with one attached hydrogen (secondary N) is 2. The van der Waals surface area contributed by atoms with Crippen LogP contribution in [0.2, 0.25) is 0 Å². The van der Waals surface area contributed by atoms with E-state index in [9.17, 15) is 4.79 Å².